The highest BCUT2D eigenvalue weighted by Crippen LogP contribution is 2.13. The van der Waals surface area contributed by atoms with E-state index in [1.807, 2.05) is 0 Å². The molecule has 0 aromatic carbocycles. The Morgan fingerprint density at radius 3 is 2.36 bits per heavy atom. The number of hydrogen-bond donors (Lipinski definition) is 1. The number of nitrogens with zero attached hydrogens (tertiary/aromatic N) is 1. The Balaban J connectivity index is 3.86. The fourth-order valence-electron chi connectivity index (χ4n) is 1.43. The van der Waals surface area contributed by atoms with Gasteiger partial charge in [-0.25, -0.2) is 0 Å². The summed E-state index contributed by atoms with van der Waals surface area (Å²) in [6.07, 6.45) is 3.51. The van der Waals surface area contributed by atoms with Crippen LogP contribution in [-0.4, -0.2) is 36.1 Å². The summed E-state index contributed by atoms with van der Waals surface area (Å²) in [5.41, 5.74) is 0. The summed E-state index contributed by atoms with van der Waals surface area (Å²) in [4.78, 5) is 13.0. The number of carbonyl (C=O) groups excluding carboxylic acids is 1. The number of hydrogen-bond acceptors (Lipinski definition) is 2. The van der Waals surface area contributed by atoms with Crippen LogP contribution in [0.1, 0.15) is 39.5 Å². The van der Waals surface area contributed by atoms with Crippen molar-refractivity contribution in [2.75, 3.05) is 14.1 Å². The molecule has 14 heavy (non-hydrogen) atoms. The summed E-state index contributed by atoms with van der Waals surface area (Å²) >= 11 is 0. The van der Waals surface area contributed by atoms with Crippen LogP contribution < -0.4 is 0 Å². The van der Waals surface area contributed by atoms with E-state index < -0.39 is 6.10 Å². The van der Waals surface area contributed by atoms with Crippen molar-refractivity contribution < 1.29 is 9.90 Å². The molecule has 0 radical (unpaired) electrons. The van der Waals surface area contributed by atoms with E-state index in [2.05, 4.69) is 6.92 Å². The minimum atomic E-state index is -0.489. The average Bonchev–Trinajstić information content (AvgIpc) is 2.15. The van der Waals surface area contributed by atoms with Crippen molar-refractivity contribution >= 4 is 5.91 Å². The second-order valence-corrected chi connectivity index (χ2v) is 4.08. The van der Waals surface area contributed by atoms with Gasteiger partial charge < -0.3 is 10.0 Å². The van der Waals surface area contributed by atoms with Gasteiger partial charge in [0.1, 0.15) is 0 Å². The number of aliphatic hydroxyl groups is 1. The molecular weight excluding hydrogens is 178 g/mol. The quantitative estimate of drug-likeness (QED) is 0.664. The van der Waals surface area contributed by atoms with Gasteiger partial charge in [-0.3, -0.25) is 4.79 Å². The Morgan fingerprint density at radius 2 is 1.93 bits per heavy atom. The summed E-state index contributed by atoms with van der Waals surface area (Å²) in [7, 11) is 3.44. The molecule has 84 valence electrons. The third-order valence-corrected chi connectivity index (χ3v) is 2.51. The van der Waals surface area contributed by atoms with Gasteiger partial charge in [0, 0.05) is 14.1 Å². The molecule has 3 nitrogen and oxygen atoms in total. The van der Waals surface area contributed by atoms with E-state index in [-0.39, 0.29) is 11.8 Å². The van der Waals surface area contributed by atoms with Gasteiger partial charge in [-0.05, 0) is 6.42 Å². The molecule has 0 fully saturated rings. The lowest BCUT2D eigenvalue weighted by atomic mass is 9.98. The predicted octanol–water partition coefficient (Wildman–Crippen LogP) is 1.65. The normalized spacial score (nSPS) is 14.9. The lowest BCUT2D eigenvalue weighted by molar-refractivity contribution is -0.136. The van der Waals surface area contributed by atoms with Crippen LogP contribution >= 0.6 is 0 Å². The van der Waals surface area contributed by atoms with E-state index in [9.17, 15) is 9.90 Å². The van der Waals surface area contributed by atoms with E-state index in [0.717, 1.165) is 25.7 Å². The number of unbranched alkanes of at least 4 members (excludes halogenated alkanes) is 2. The summed E-state index contributed by atoms with van der Waals surface area (Å²) in [5.74, 6) is -0.268. The topological polar surface area (TPSA) is 40.5 Å². The van der Waals surface area contributed by atoms with Crippen LogP contribution in [0.3, 0.4) is 0 Å². The molecule has 0 bridgehead atoms. The first kappa shape index (κ1) is 13.4. The summed E-state index contributed by atoms with van der Waals surface area (Å²) in [6.45, 7) is 3.92. The van der Waals surface area contributed by atoms with Crippen LogP contribution in [0.4, 0.5) is 0 Å². The monoisotopic (exact) mass is 201 g/mol. The minimum absolute atomic E-state index is 0.00833. The van der Waals surface area contributed by atoms with Crippen LogP contribution in [0.15, 0.2) is 0 Å². The Bertz CT molecular complexity index is 169. The van der Waals surface area contributed by atoms with Crippen LogP contribution in [0.25, 0.3) is 0 Å². The van der Waals surface area contributed by atoms with Crippen molar-refractivity contribution in [1.29, 1.82) is 0 Å². The molecule has 0 heterocycles. The van der Waals surface area contributed by atoms with E-state index in [0.29, 0.717) is 0 Å². The molecule has 0 saturated carbocycles. The zero-order valence-electron chi connectivity index (χ0n) is 9.79. The lowest BCUT2D eigenvalue weighted by Crippen LogP contribution is -2.35. The molecule has 0 spiro atoms. The fraction of sp³-hybridized carbons (Fsp3) is 0.909. The van der Waals surface area contributed by atoms with Crippen molar-refractivity contribution in [3.8, 4) is 0 Å². The van der Waals surface area contributed by atoms with Crippen LogP contribution in [-0.2, 0) is 4.79 Å². The first-order valence-corrected chi connectivity index (χ1v) is 5.40. The van der Waals surface area contributed by atoms with Crippen LogP contribution in [0, 0.1) is 5.92 Å². The molecule has 0 aromatic heterocycles. The molecule has 2 atom stereocenters. The molecule has 0 aliphatic carbocycles. The molecule has 0 aromatic rings. The molecule has 1 N–H and O–H groups in total. The molecule has 0 aliphatic rings. The van der Waals surface area contributed by atoms with E-state index in [1.54, 1.807) is 21.0 Å². The lowest BCUT2D eigenvalue weighted by Gasteiger charge is -2.21. The number of amides is 1. The van der Waals surface area contributed by atoms with Crippen molar-refractivity contribution in [3.05, 3.63) is 0 Å². The first-order chi connectivity index (χ1) is 6.50. The van der Waals surface area contributed by atoms with Gasteiger partial charge in [0.15, 0.2) is 0 Å². The molecule has 1 amide bonds. The Labute approximate surface area is 87.1 Å². The zero-order valence-corrected chi connectivity index (χ0v) is 9.79. The van der Waals surface area contributed by atoms with E-state index in [4.69, 9.17) is 0 Å². The molecular formula is C11H23NO2. The molecule has 0 aliphatic heterocycles. The summed E-state index contributed by atoms with van der Waals surface area (Å²) in [5, 5.41) is 9.72. The zero-order chi connectivity index (χ0) is 11.1. The SMILES string of the molecule is CCCCC[C@@H](O)[C@H](C)C(=O)N(C)C. The second-order valence-electron chi connectivity index (χ2n) is 4.08. The molecule has 3 heteroatoms. The van der Waals surface area contributed by atoms with Crippen molar-refractivity contribution in [2.24, 2.45) is 5.92 Å². The van der Waals surface area contributed by atoms with Crippen LogP contribution in [0.5, 0.6) is 0 Å². The van der Waals surface area contributed by atoms with Gasteiger partial charge in [-0.15, -0.1) is 0 Å². The van der Waals surface area contributed by atoms with E-state index in [1.165, 1.54) is 4.90 Å². The Kier molecular flexibility index (Phi) is 6.54. The molecule has 0 saturated heterocycles. The maximum atomic E-state index is 11.5. The Morgan fingerprint density at radius 1 is 1.36 bits per heavy atom. The molecule has 0 unspecified atom stereocenters. The van der Waals surface area contributed by atoms with Crippen LogP contribution in [0.2, 0.25) is 0 Å². The van der Waals surface area contributed by atoms with Gasteiger partial charge in [0.2, 0.25) is 5.91 Å². The largest absolute Gasteiger partial charge is 0.392 e. The highest BCUT2D eigenvalue weighted by atomic mass is 16.3. The average molecular weight is 201 g/mol. The Hall–Kier alpha value is -0.570. The summed E-state index contributed by atoms with van der Waals surface area (Å²) in [6, 6.07) is 0. The predicted molar refractivity (Wildman–Crippen MR) is 58.0 cm³/mol. The maximum Gasteiger partial charge on any atom is 0.227 e. The van der Waals surface area contributed by atoms with Gasteiger partial charge in [0.25, 0.3) is 0 Å². The first-order valence-electron chi connectivity index (χ1n) is 5.40. The van der Waals surface area contributed by atoms with E-state index >= 15 is 0 Å². The van der Waals surface area contributed by atoms with Crippen molar-refractivity contribution in [2.45, 2.75) is 45.6 Å². The summed E-state index contributed by atoms with van der Waals surface area (Å²) < 4.78 is 0. The smallest absolute Gasteiger partial charge is 0.227 e. The molecule has 0 rings (SSSR count). The fourth-order valence-corrected chi connectivity index (χ4v) is 1.43. The van der Waals surface area contributed by atoms with Gasteiger partial charge in [-0.2, -0.15) is 0 Å². The highest BCUT2D eigenvalue weighted by Gasteiger charge is 2.22. The maximum absolute atomic E-state index is 11.5. The minimum Gasteiger partial charge on any atom is -0.392 e. The van der Waals surface area contributed by atoms with Gasteiger partial charge >= 0.3 is 0 Å². The third kappa shape index (κ3) is 4.61. The van der Waals surface area contributed by atoms with Crippen molar-refractivity contribution in [1.82, 2.24) is 4.90 Å². The number of carbonyl (C=O) groups is 1. The number of aliphatic hydroxyl groups excluding tert-OH is 1. The number of rotatable bonds is 6. The van der Waals surface area contributed by atoms with Crippen molar-refractivity contribution in [3.63, 3.8) is 0 Å². The highest BCUT2D eigenvalue weighted by molar-refractivity contribution is 5.78. The third-order valence-electron chi connectivity index (χ3n) is 2.51. The van der Waals surface area contributed by atoms with Gasteiger partial charge in [0.05, 0.1) is 12.0 Å². The second kappa shape index (κ2) is 6.82. The van der Waals surface area contributed by atoms with Gasteiger partial charge in [-0.1, -0.05) is 33.1 Å². The standard InChI is InChI=1S/C11H23NO2/c1-5-6-7-8-10(13)9(2)11(14)12(3)4/h9-10,13H,5-8H2,1-4H3/t9-,10+/m0/s1.